The first-order valence-electron chi connectivity index (χ1n) is 16.8. The molecule has 0 spiro atoms. The summed E-state index contributed by atoms with van der Waals surface area (Å²) in [6.07, 6.45) is 6.72. The number of fused-ring (bicyclic) bond motifs is 3. The van der Waals surface area contributed by atoms with Crippen molar-refractivity contribution in [2.75, 3.05) is 5.75 Å². The third kappa shape index (κ3) is 4.31. The fourth-order valence-electron chi connectivity index (χ4n) is 8.38. The normalized spacial score (nSPS) is 15.4. The molecule has 2 heteroatoms. The third-order valence-corrected chi connectivity index (χ3v) is 10.8. The van der Waals surface area contributed by atoms with Crippen LogP contribution in [-0.4, -0.2) is 10.3 Å². The molecule has 0 saturated heterocycles. The largest absolute Gasteiger partial charge is 0.309 e. The Morgan fingerprint density at radius 3 is 2.23 bits per heavy atom. The van der Waals surface area contributed by atoms with Gasteiger partial charge in [0, 0.05) is 21.5 Å². The molecule has 0 N–H and O–H groups in total. The first kappa shape index (κ1) is 28.4. The van der Waals surface area contributed by atoms with Crippen LogP contribution >= 0.6 is 12.6 Å². The van der Waals surface area contributed by atoms with Crippen LogP contribution < -0.4 is 0 Å². The Bertz CT molecular complexity index is 2580. The Labute approximate surface area is 281 Å². The van der Waals surface area contributed by atoms with E-state index in [0.717, 1.165) is 18.6 Å². The monoisotopic (exact) mass is 623 g/mol. The highest BCUT2D eigenvalue weighted by molar-refractivity contribution is 7.80. The van der Waals surface area contributed by atoms with E-state index in [9.17, 15) is 0 Å². The third-order valence-electron chi connectivity index (χ3n) is 10.5. The van der Waals surface area contributed by atoms with E-state index in [1.54, 1.807) is 0 Å². The number of hydrogen-bond donors (Lipinski definition) is 1. The molecule has 1 atom stereocenters. The fourth-order valence-corrected chi connectivity index (χ4v) is 8.62. The Hall–Kier alpha value is -4.79. The maximum atomic E-state index is 4.64. The Morgan fingerprint density at radius 1 is 0.660 bits per heavy atom. The van der Waals surface area contributed by atoms with Crippen molar-refractivity contribution in [1.29, 1.82) is 0 Å². The molecule has 1 nitrogen and oxygen atoms in total. The van der Waals surface area contributed by atoms with Crippen LogP contribution in [0.25, 0.3) is 76.5 Å². The fraction of sp³-hybridized carbons (Fsp3) is 0.156. The number of nitrogens with zero attached hydrogens (tertiary/aromatic N) is 1. The summed E-state index contributed by atoms with van der Waals surface area (Å²) >= 11 is 4.64. The number of benzene rings is 7. The van der Waals surface area contributed by atoms with Gasteiger partial charge in [-0.3, -0.25) is 0 Å². The molecule has 1 aliphatic carbocycles. The number of rotatable bonds is 5. The summed E-state index contributed by atoms with van der Waals surface area (Å²) in [5, 5.41) is 10.6. The van der Waals surface area contributed by atoms with Crippen LogP contribution in [0.2, 0.25) is 0 Å². The Morgan fingerprint density at radius 2 is 1.40 bits per heavy atom. The number of hydrogen-bond acceptors (Lipinski definition) is 1. The number of para-hydroxylation sites is 1. The van der Waals surface area contributed by atoms with Crippen molar-refractivity contribution in [3.63, 3.8) is 0 Å². The van der Waals surface area contributed by atoms with Crippen molar-refractivity contribution in [2.24, 2.45) is 5.92 Å². The van der Waals surface area contributed by atoms with Crippen LogP contribution in [0.15, 0.2) is 127 Å². The topological polar surface area (TPSA) is 4.93 Å². The SMILES string of the molecule is CC1=CC=C(c2ccc3ccc4c(-c5ccc(C)cc5)cc(-n5c6ccccc6c6c(CCS)cccc65)c5ccc2c3c45)C(C)C1. The van der Waals surface area contributed by atoms with Gasteiger partial charge in [-0.25, -0.2) is 0 Å². The highest BCUT2D eigenvalue weighted by Crippen LogP contribution is 2.47. The maximum absolute atomic E-state index is 4.64. The quantitative estimate of drug-likeness (QED) is 0.144. The molecular weight excluding hydrogens is 587 g/mol. The summed E-state index contributed by atoms with van der Waals surface area (Å²) in [5.41, 5.74) is 13.1. The number of allylic oxidation sites excluding steroid dienone is 4. The molecule has 1 heterocycles. The van der Waals surface area contributed by atoms with E-state index >= 15 is 0 Å². The second kappa shape index (κ2) is 10.9. The van der Waals surface area contributed by atoms with Crippen LogP contribution in [0.1, 0.15) is 37.0 Å². The van der Waals surface area contributed by atoms with Gasteiger partial charge in [-0.05, 0) is 106 Å². The molecule has 8 aromatic rings. The van der Waals surface area contributed by atoms with E-state index in [0.29, 0.717) is 5.92 Å². The lowest BCUT2D eigenvalue weighted by atomic mass is 9.81. The molecule has 0 saturated carbocycles. The van der Waals surface area contributed by atoms with Crippen LogP contribution in [-0.2, 0) is 6.42 Å². The number of aromatic nitrogens is 1. The molecule has 0 radical (unpaired) electrons. The second-order valence-corrected chi connectivity index (χ2v) is 14.0. The predicted molar refractivity (Wildman–Crippen MR) is 208 cm³/mol. The molecule has 9 rings (SSSR count). The maximum Gasteiger partial charge on any atom is 0.0547 e. The minimum atomic E-state index is 0.487. The molecule has 1 unspecified atom stereocenters. The highest BCUT2D eigenvalue weighted by Gasteiger charge is 2.23. The van der Waals surface area contributed by atoms with E-state index in [1.807, 2.05) is 0 Å². The average Bonchev–Trinajstić information content (AvgIpc) is 3.43. The van der Waals surface area contributed by atoms with E-state index in [1.165, 1.54) is 98.8 Å². The Balaban J connectivity index is 1.45. The summed E-state index contributed by atoms with van der Waals surface area (Å²) in [6, 6.07) is 41.4. The van der Waals surface area contributed by atoms with E-state index in [4.69, 9.17) is 0 Å². The molecule has 228 valence electrons. The molecule has 7 aromatic carbocycles. The van der Waals surface area contributed by atoms with Gasteiger partial charge in [0.1, 0.15) is 0 Å². The van der Waals surface area contributed by atoms with Crippen LogP contribution in [0.4, 0.5) is 0 Å². The molecule has 47 heavy (non-hydrogen) atoms. The summed E-state index contributed by atoms with van der Waals surface area (Å²) < 4.78 is 2.52. The van der Waals surface area contributed by atoms with E-state index in [-0.39, 0.29) is 0 Å². The van der Waals surface area contributed by atoms with Crippen molar-refractivity contribution in [3.8, 4) is 16.8 Å². The van der Waals surface area contributed by atoms with Crippen molar-refractivity contribution < 1.29 is 0 Å². The second-order valence-electron chi connectivity index (χ2n) is 13.5. The Kier molecular flexibility index (Phi) is 6.59. The van der Waals surface area contributed by atoms with Gasteiger partial charge in [-0.2, -0.15) is 12.6 Å². The standard InChI is InChI=1S/C45H37NS/c1-27-11-14-30(15-12-27)39-26-42(46-40-9-5-4-8-37(40)43-31(23-24-47)7-6-10-41(43)46)38-22-21-35-34(33-18-13-28(2)25-29(33)3)19-16-32-17-20-36(39)45(38)44(32)35/h4-22,26,29,47H,23-25H2,1-3H3. The first-order chi connectivity index (χ1) is 23.0. The van der Waals surface area contributed by atoms with Crippen LogP contribution in [0.3, 0.4) is 0 Å². The molecule has 0 fully saturated rings. The zero-order valence-corrected chi connectivity index (χ0v) is 28.0. The molecule has 1 aromatic heterocycles. The van der Waals surface area contributed by atoms with Gasteiger partial charge in [-0.15, -0.1) is 0 Å². The lowest BCUT2D eigenvalue weighted by Gasteiger charge is -2.24. The van der Waals surface area contributed by atoms with Gasteiger partial charge >= 0.3 is 0 Å². The smallest absolute Gasteiger partial charge is 0.0547 e. The molecule has 0 amide bonds. The van der Waals surface area contributed by atoms with Crippen molar-refractivity contribution in [3.05, 3.63) is 144 Å². The lowest BCUT2D eigenvalue weighted by Crippen LogP contribution is -2.04. The van der Waals surface area contributed by atoms with Crippen molar-refractivity contribution >= 4 is 72.3 Å². The molecule has 0 bridgehead atoms. The van der Waals surface area contributed by atoms with Gasteiger partial charge in [-0.1, -0.05) is 121 Å². The first-order valence-corrected chi connectivity index (χ1v) is 17.5. The number of thiol groups is 1. The average molecular weight is 624 g/mol. The summed E-state index contributed by atoms with van der Waals surface area (Å²) in [7, 11) is 0. The molecule has 0 aliphatic heterocycles. The predicted octanol–water partition coefficient (Wildman–Crippen LogP) is 12.5. The minimum Gasteiger partial charge on any atom is -0.309 e. The van der Waals surface area contributed by atoms with Crippen molar-refractivity contribution in [2.45, 2.75) is 33.6 Å². The molecular formula is C45H37NS. The minimum absolute atomic E-state index is 0.487. The van der Waals surface area contributed by atoms with E-state index < -0.39 is 0 Å². The highest BCUT2D eigenvalue weighted by atomic mass is 32.1. The summed E-state index contributed by atoms with van der Waals surface area (Å²) in [6.45, 7) is 6.79. The van der Waals surface area contributed by atoms with Gasteiger partial charge < -0.3 is 4.57 Å². The molecule has 1 aliphatic rings. The summed E-state index contributed by atoms with van der Waals surface area (Å²) in [5.74, 6) is 1.31. The summed E-state index contributed by atoms with van der Waals surface area (Å²) in [4.78, 5) is 0. The van der Waals surface area contributed by atoms with Crippen molar-refractivity contribution in [1.82, 2.24) is 4.57 Å². The lowest BCUT2D eigenvalue weighted by molar-refractivity contribution is 0.728. The van der Waals surface area contributed by atoms with E-state index in [2.05, 4.69) is 159 Å². The zero-order chi connectivity index (χ0) is 31.8. The van der Waals surface area contributed by atoms with Gasteiger partial charge in [0.15, 0.2) is 0 Å². The van der Waals surface area contributed by atoms with Crippen LogP contribution in [0, 0.1) is 12.8 Å². The van der Waals surface area contributed by atoms with Gasteiger partial charge in [0.05, 0.1) is 16.7 Å². The number of aryl methyl sites for hydroxylation is 2. The van der Waals surface area contributed by atoms with Gasteiger partial charge in [0.2, 0.25) is 0 Å². The zero-order valence-electron chi connectivity index (χ0n) is 27.1. The van der Waals surface area contributed by atoms with Crippen LogP contribution in [0.5, 0.6) is 0 Å². The van der Waals surface area contributed by atoms with Gasteiger partial charge in [0.25, 0.3) is 0 Å².